The fourth-order valence-corrected chi connectivity index (χ4v) is 6.81. The van der Waals surface area contributed by atoms with Gasteiger partial charge in [0.1, 0.15) is 0 Å². The van der Waals surface area contributed by atoms with Crippen LogP contribution in [0, 0.1) is 17.8 Å². The Morgan fingerprint density at radius 1 is 1.06 bits per heavy atom. The number of ether oxygens (including phenoxy) is 3. The van der Waals surface area contributed by atoms with Crippen molar-refractivity contribution < 1.29 is 14.2 Å². The molecule has 0 spiro atoms. The van der Waals surface area contributed by atoms with Gasteiger partial charge in [0.2, 0.25) is 0 Å². The van der Waals surface area contributed by atoms with Gasteiger partial charge in [-0.05, 0) is 56.4 Å². The van der Waals surface area contributed by atoms with Crippen LogP contribution in [0.25, 0.3) is 10.1 Å². The van der Waals surface area contributed by atoms with E-state index in [0.717, 1.165) is 84.9 Å². The molecule has 1 saturated carbocycles. The molecular weight excluding hydrogens is 448 g/mol. The van der Waals surface area contributed by atoms with Gasteiger partial charge in [-0.25, -0.2) is 0 Å². The third-order valence-electron chi connectivity index (χ3n) is 7.26. The zero-order valence-corrected chi connectivity index (χ0v) is 20.0. The molecule has 0 radical (unpaired) electrons. The van der Waals surface area contributed by atoms with Crippen LogP contribution in [0.15, 0.2) is 11.6 Å². The van der Waals surface area contributed by atoms with E-state index in [0.29, 0.717) is 12.1 Å². The molecule has 2 aromatic rings. The van der Waals surface area contributed by atoms with Crippen LogP contribution in [0.3, 0.4) is 0 Å². The summed E-state index contributed by atoms with van der Waals surface area (Å²) in [6.45, 7) is 6.17. The predicted molar refractivity (Wildman–Crippen MR) is 128 cm³/mol. The highest BCUT2D eigenvalue weighted by molar-refractivity contribution is 7.18. The van der Waals surface area contributed by atoms with Crippen molar-refractivity contribution in [2.24, 2.45) is 17.8 Å². The van der Waals surface area contributed by atoms with Crippen molar-refractivity contribution in [1.29, 1.82) is 0 Å². The Bertz CT molecular complexity index is 863. The maximum atomic E-state index is 6.25. The zero-order chi connectivity index (χ0) is 21.8. The summed E-state index contributed by atoms with van der Waals surface area (Å²) in [6, 6.07) is 1.16. The zero-order valence-electron chi connectivity index (χ0n) is 18.4. The summed E-state index contributed by atoms with van der Waals surface area (Å²) in [4.78, 5) is 0. The molecule has 0 aromatic carbocycles. The normalized spacial score (nSPS) is 30.7. The molecule has 4 fully saturated rings. The van der Waals surface area contributed by atoms with Gasteiger partial charge in [-0.15, -0.1) is 16.4 Å². The van der Waals surface area contributed by atoms with E-state index in [2.05, 4.69) is 20.8 Å². The smallest absolute Gasteiger partial charge is 0.166 e. The lowest BCUT2D eigenvalue weighted by atomic mass is 9.85. The first-order chi connectivity index (χ1) is 15.8. The maximum Gasteiger partial charge on any atom is 0.166 e. The van der Waals surface area contributed by atoms with Crippen LogP contribution in [-0.4, -0.2) is 68.5 Å². The van der Waals surface area contributed by atoms with Crippen LogP contribution in [0.4, 0.5) is 5.82 Å². The van der Waals surface area contributed by atoms with Crippen molar-refractivity contribution in [2.75, 3.05) is 51.5 Å². The maximum absolute atomic E-state index is 6.25. The Balaban J connectivity index is 0.000000314. The van der Waals surface area contributed by atoms with Gasteiger partial charge in [0, 0.05) is 36.1 Å². The van der Waals surface area contributed by atoms with Crippen molar-refractivity contribution in [3.05, 3.63) is 16.6 Å². The average molecular weight is 481 g/mol. The minimum atomic E-state index is 0.491. The van der Waals surface area contributed by atoms with E-state index < -0.39 is 0 Å². The van der Waals surface area contributed by atoms with Crippen molar-refractivity contribution >= 4 is 38.8 Å². The molecule has 1 aliphatic carbocycles. The second kappa shape index (κ2) is 10.9. The second-order valence-electron chi connectivity index (χ2n) is 9.29. The van der Waals surface area contributed by atoms with Gasteiger partial charge in [0.05, 0.1) is 42.3 Å². The average Bonchev–Trinajstić information content (AvgIpc) is 3.53. The second-order valence-corrected chi connectivity index (χ2v) is 10.6. The van der Waals surface area contributed by atoms with Crippen molar-refractivity contribution in [3.8, 4) is 0 Å². The molecule has 4 aliphatic rings. The lowest BCUT2D eigenvalue weighted by molar-refractivity contribution is -0.0334. The first kappa shape index (κ1) is 22.7. The number of thiophene rings is 1. The molecule has 5 heterocycles. The molecule has 2 aromatic heterocycles. The summed E-state index contributed by atoms with van der Waals surface area (Å²) >= 11 is 7.90. The molecule has 4 atom stereocenters. The van der Waals surface area contributed by atoms with E-state index in [-0.39, 0.29) is 0 Å². The van der Waals surface area contributed by atoms with Crippen LogP contribution >= 0.6 is 22.9 Å². The number of anilines is 1. The Labute approximate surface area is 198 Å². The quantitative estimate of drug-likeness (QED) is 0.685. The highest BCUT2D eigenvalue weighted by Crippen LogP contribution is 2.42. The van der Waals surface area contributed by atoms with Crippen LogP contribution in [0.2, 0.25) is 5.02 Å². The standard InChI is InChI=1S/C19H25ClN4OS.C4H8O2/c20-16-10-26-18-15(16)9-22-24-19(18)23-13-6-12-8-21-17(14(12)7-13)5-11-1-3-25-4-2-11;1-2-6-4-3-5-1/h9-14,17,21H,1-8H2,(H,23,24);1-4H2/t12-,13+,14+,17+;/m1./s1. The molecule has 7 nitrogen and oxygen atoms in total. The summed E-state index contributed by atoms with van der Waals surface area (Å²) in [5.41, 5.74) is 0. The van der Waals surface area contributed by atoms with E-state index >= 15 is 0 Å². The Hall–Kier alpha value is -1.03. The Kier molecular flexibility index (Phi) is 7.77. The summed E-state index contributed by atoms with van der Waals surface area (Å²) in [5.74, 6) is 3.31. The number of rotatable bonds is 4. The molecule has 2 N–H and O–H groups in total. The molecule has 32 heavy (non-hydrogen) atoms. The van der Waals surface area contributed by atoms with E-state index in [1.54, 1.807) is 17.5 Å². The molecule has 0 unspecified atom stereocenters. The largest absolute Gasteiger partial charge is 0.381 e. The highest BCUT2D eigenvalue weighted by Gasteiger charge is 2.44. The molecule has 0 amide bonds. The van der Waals surface area contributed by atoms with Crippen molar-refractivity contribution in [3.63, 3.8) is 0 Å². The van der Waals surface area contributed by atoms with Gasteiger partial charge in [-0.3, -0.25) is 0 Å². The highest BCUT2D eigenvalue weighted by atomic mass is 35.5. The Morgan fingerprint density at radius 2 is 1.81 bits per heavy atom. The van der Waals surface area contributed by atoms with Gasteiger partial charge < -0.3 is 24.8 Å². The van der Waals surface area contributed by atoms with Gasteiger partial charge in [0.15, 0.2) is 5.82 Å². The number of hydrogen-bond acceptors (Lipinski definition) is 8. The van der Waals surface area contributed by atoms with Crippen molar-refractivity contribution in [2.45, 2.75) is 44.2 Å². The molecule has 6 rings (SSSR count). The topological polar surface area (TPSA) is 77.5 Å². The Morgan fingerprint density at radius 3 is 2.56 bits per heavy atom. The van der Waals surface area contributed by atoms with E-state index in [9.17, 15) is 0 Å². The van der Waals surface area contributed by atoms with Crippen LogP contribution in [-0.2, 0) is 14.2 Å². The molecule has 3 aliphatic heterocycles. The number of fused-ring (bicyclic) bond motifs is 2. The van der Waals surface area contributed by atoms with E-state index in [1.165, 1.54) is 32.1 Å². The van der Waals surface area contributed by atoms with Crippen molar-refractivity contribution in [1.82, 2.24) is 15.5 Å². The fourth-order valence-electron chi connectivity index (χ4n) is 5.62. The summed E-state index contributed by atoms with van der Waals surface area (Å²) in [6.07, 6.45) is 7.98. The van der Waals surface area contributed by atoms with Crippen LogP contribution in [0.5, 0.6) is 0 Å². The monoisotopic (exact) mass is 480 g/mol. The SMILES string of the molecule is C1COCCO1.Clc1csc2c(N[C@H]3C[C@@H]4CN[C@@H](CC5CCOCC5)[C@H]4C3)nncc12. The summed E-state index contributed by atoms with van der Waals surface area (Å²) in [5, 5.41) is 19.7. The minimum Gasteiger partial charge on any atom is -0.381 e. The number of halogens is 1. The van der Waals surface area contributed by atoms with Gasteiger partial charge in [-0.2, -0.15) is 5.10 Å². The first-order valence-electron chi connectivity index (χ1n) is 11.9. The minimum absolute atomic E-state index is 0.491. The number of nitrogens with one attached hydrogen (secondary N) is 2. The fraction of sp³-hybridized carbons (Fsp3) is 0.739. The lowest BCUT2D eigenvalue weighted by Crippen LogP contribution is -2.33. The number of aromatic nitrogens is 2. The van der Waals surface area contributed by atoms with E-state index in [1.807, 2.05) is 5.38 Å². The van der Waals surface area contributed by atoms with Crippen LogP contribution in [0.1, 0.15) is 32.1 Å². The molecule has 0 bridgehead atoms. The predicted octanol–water partition coefficient (Wildman–Crippen LogP) is 3.97. The van der Waals surface area contributed by atoms with Gasteiger partial charge in [-0.1, -0.05) is 11.6 Å². The van der Waals surface area contributed by atoms with Gasteiger partial charge in [0.25, 0.3) is 0 Å². The van der Waals surface area contributed by atoms with E-state index in [4.69, 9.17) is 25.8 Å². The third-order valence-corrected chi connectivity index (χ3v) is 8.71. The van der Waals surface area contributed by atoms with Crippen LogP contribution < -0.4 is 10.6 Å². The molecule has 176 valence electrons. The summed E-state index contributed by atoms with van der Waals surface area (Å²) < 4.78 is 16.5. The van der Waals surface area contributed by atoms with Gasteiger partial charge >= 0.3 is 0 Å². The molecule has 3 saturated heterocycles. The number of hydrogen-bond donors (Lipinski definition) is 2. The lowest BCUT2D eigenvalue weighted by Gasteiger charge is -2.27. The summed E-state index contributed by atoms with van der Waals surface area (Å²) in [7, 11) is 0. The molecule has 9 heteroatoms. The first-order valence-corrected chi connectivity index (χ1v) is 13.1. The molecular formula is C23H33ClN4O3S. The third kappa shape index (κ3) is 5.37. The number of nitrogens with zero attached hydrogens (tertiary/aromatic N) is 2.